The number of fused-ring (bicyclic) bond motifs is 1. The topological polar surface area (TPSA) is 54.0 Å². The third-order valence-electron chi connectivity index (χ3n) is 4.86. The van der Waals surface area contributed by atoms with Gasteiger partial charge in [0.05, 0.1) is 34.0 Å². The standard InChI is InChI=1S/C23H24O5/c1-14-10-16-7-8-17(25-2)13-18(16)22(14)19(23(24)28-5)11-15-6-9-20(26-3)21(12-15)27-4/h6-9,11-13H,10H2,1-5H3. The van der Waals surface area contributed by atoms with Gasteiger partial charge >= 0.3 is 5.97 Å². The van der Waals surface area contributed by atoms with Crippen molar-refractivity contribution in [2.24, 2.45) is 0 Å². The summed E-state index contributed by atoms with van der Waals surface area (Å²) in [4.78, 5) is 12.7. The lowest BCUT2D eigenvalue weighted by atomic mass is 9.95. The zero-order valence-corrected chi connectivity index (χ0v) is 16.8. The molecule has 2 aromatic rings. The molecule has 0 heterocycles. The van der Waals surface area contributed by atoms with Gasteiger partial charge in [-0.2, -0.15) is 0 Å². The largest absolute Gasteiger partial charge is 0.497 e. The fourth-order valence-corrected chi connectivity index (χ4v) is 3.50. The van der Waals surface area contributed by atoms with Crippen LogP contribution < -0.4 is 14.2 Å². The first-order valence-corrected chi connectivity index (χ1v) is 8.91. The Morgan fingerprint density at radius 2 is 1.68 bits per heavy atom. The normalized spacial score (nSPS) is 13.2. The summed E-state index contributed by atoms with van der Waals surface area (Å²) in [6.45, 7) is 2.03. The van der Waals surface area contributed by atoms with E-state index in [2.05, 4.69) is 0 Å². The van der Waals surface area contributed by atoms with E-state index >= 15 is 0 Å². The summed E-state index contributed by atoms with van der Waals surface area (Å²) in [6, 6.07) is 11.5. The van der Waals surface area contributed by atoms with E-state index in [0.717, 1.165) is 40.0 Å². The second-order valence-electron chi connectivity index (χ2n) is 6.52. The molecule has 5 heteroatoms. The summed E-state index contributed by atoms with van der Waals surface area (Å²) in [5.74, 6) is 1.59. The second-order valence-corrected chi connectivity index (χ2v) is 6.52. The molecule has 0 aromatic heterocycles. The number of methoxy groups -OCH3 is 4. The van der Waals surface area contributed by atoms with E-state index in [1.165, 1.54) is 7.11 Å². The highest BCUT2D eigenvalue weighted by Crippen LogP contribution is 2.40. The highest BCUT2D eigenvalue weighted by Gasteiger charge is 2.26. The fraction of sp³-hybridized carbons (Fsp3) is 0.261. The van der Waals surface area contributed by atoms with Crippen molar-refractivity contribution in [3.63, 3.8) is 0 Å². The summed E-state index contributed by atoms with van der Waals surface area (Å²) in [6.07, 6.45) is 2.61. The lowest BCUT2D eigenvalue weighted by molar-refractivity contribution is -0.135. The van der Waals surface area contributed by atoms with Gasteiger partial charge in [0.1, 0.15) is 5.75 Å². The average Bonchev–Trinajstić information content (AvgIpc) is 3.05. The average molecular weight is 380 g/mol. The summed E-state index contributed by atoms with van der Waals surface area (Å²) < 4.78 is 21.1. The van der Waals surface area contributed by atoms with Crippen molar-refractivity contribution in [2.75, 3.05) is 28.4 Å². The van der Waals surface area contributed by atoms with Crippen LogP contribution in [0.3, 0.4) is 0 Å². The molecule has 0 atom stereocenters. The third kappa shape index (κ3) is 3.60. The number of carbonyl (C=O) groups is 1. The molecule has 0 N–H and O–H groups in total. The van der Waals surface area contributed by atoms with Crippen LogP contribution in [0.1, 0.15) is 23.6 Å². The van der Waals surface area contributed by atoms with Gasteiger partial charge in [0.15, 0.2) is 11.5 Å². The van der Waals surface area contributed by atoms with Crippen LogP contribution in [0.25, 0.3) is 11.6 Å². The van der Waals surface area contributed by atoms with Crippen molar-refractivity contribution >= 4 is 17.6 Å². The predicted molar refractivity (Wildman–Crippen MR) is 109 cm³/mol. The maximum Gasteiger partial charge on any atom is 0.338 e. The van der Waals surface area contributed by atoms with Crippen LogP contribution >= 0.6 is 0 Å². The first kappa shape index (κ1) is 19.5. The summed E-state index contributed by atoms with van der Waals surface area (Å²) >= 11 is 0. The molecule has 3 rings (SSSR count). The van der Waals surface area contributed by atoms with Gasteiger partial charge in [0, 0.05) is 0 Å². The lowest BCUT2D eigenvalue weighted by Gasteiger charge is -2.13. The van der Waals surface area contributed by atoms with Crippen molar-refractivity contribution in [3.8, 4) is 17.2 Å². The Kier molecular flexibility index (Phi) is 5.73. The van der Waals surface area contributed by atoms with E-state index in [1.807, 2.05) is 49.4 Å². The predicted octanol–water partition coefficient (Wildman–Crippen LogP) is 4.30. The molecule has 0 radical (unpaired) electrons. The Hall–Kier alpha value is -3.21. The molecular weight excluding hydrogens is 356 g/mol. The highest BCUT2D eigenvalue weighted by molar-refractivity contribution is 6.12. The molecule has 146 valence electrons. The number of hydrogen-bond acceptors (Lipinski definition) is 5. The molecule has 0 fully saturated rings. The van der Waals surface area contributed by atoms with E-state index in [1.54, 1.807) is 21.3 Å². The zero-order chi connectivity index (χ0) is 20.3. The van der Waals surface area contributed by atoms with Gasteiger partial charge in [-0.15, -0.1) is 0 Å². The van der Waals surface area contributed by atoms with E-state index in [-0.39, 0.29) is 5.97 Å². The van der Waals surface area contributed by atoms with Gasteiger partial charge in [0.25, 0.3) is 0 Å². The first-order valence-electron chi connectivity index (χ1n) is 8.91. The molecule has 2 aromatic carbocycles. The van der Waals surface area contributed by atoms with Crippen molar-refractivity contribution in [1.82, 2.24) is 0 Å². The molecule has 0 unspecified atom stereocenters. The van der Waals surface area contributed by atoms with E-state index in [4.69, 9.17) is 18.9 Å². The van der Waals surface area contributed by atoms with Crippen molar-refractivity contribution < 1.29 is 23.7 Å². The zero-order valence-electron chi connectivity index (χ0n) is 16.8. The van der Waals surface area contributed by atoms with Crippen LogP contribution in [0.2, 0.25) is 0 Å². The van der Waals surface area contributed by atoms with Crippen LogP contribution in [-0.4, -0.2) is 34.4 Å². The van der Waals surface area contributed by atoms with E-state index in [9.17, 15) is 4.79 Å². The molecule has 1 aliphatic carbocycles. The van der Waals surface area contributed by atoms with Crippen LogP contribution in [0.4, 0.5) is 0 Å². The minimum absolute atomic E-state index is 0.389. The maximum atomic E-state index is 12.7. The second kappa shape index (κ2) is 8.21. The molecule has 0 saturated carbocycles. The van der Waals surface area contributed by atoms with E-state index < -0.39 is 0 Å². The molecule has 1 aliphatic rings. The monoisotopic (exact) mass is 380 g/mol. The van der Waals surface area contributed by atoms with Crippen LogP contribution in [0.5, 0.6) is 17.2 Å². The van der Waals surface area contributed by atoms with Crippen molar-refractivity contribution in [1.29, 1.82) is 0 Å². The lowest BCUT2D eigenvalue weighted by Crippen LogP contribution is -2.07. The number of rotatable bonds is 6. The Balaban J connectivity index is 2.14. The smallest absolute Gasteiger partial charge is 0.338 e. The van der Waals surface area contributed by atoms with Gasteiger partial charge in [0.2, 0.25) is 0 Å². The highest BCUT2D eigenvalue weighted by atomic mass is 16.5. The molecule has 0 saturated heterocycles. The van der Waals surface area contributed by atoms with Gasteiger partial charge in [-0.25, -0.2) is 4.79 Å². The van der Waals surface area contributed by atoms with Crippen molar-refractivity contribution in [2.45, 2.75) is 13.3 Å². The number of carbonyl (C=O) groups excluding carboxylic acids is 1. The Bertz CT molecular complexity index is 969. The van der Waals surface area contributed by atoms with Gasteiger partial charge < -0.3 is 18.9 Å². The molecule has 0 amide bonds. The third-order valence-corrected chi connectivity index (χ3v) is 4.86. The van der Waals surface area contributed by atoms with Crippen LogP contribution in [0.15, 0.2) is 47.5 Å². The Morgan fingerprint density at radius 3 is 2.32 bits per heavy atom. The summed E-state index contributed by atoms with van der Waals surface area (Å²) in [7, 11) is 6.19. The Labute approximate surface area is 165 Å². The SMILES string of the molecule is COC(=O)C(=Cc1ccc(OC)c(OC)c1)C1=C(C)Cc2ccc(OC)cc21. The fourth-order valence-electron chi connectivity index (χ4n) is 3.50. The van der Waals surface area contributed by atoms with Crippen LogP contribution in [0, 0.1) is 0 Å². The van der Waals surface area contributed by atoms with Gasteiger partial charge in [-0.3, -0.25) is 0 Å². The summed E-state index contributed by atoms with van der Waals surface area (Å²) in [5, 5.41) is 0. The maximum absolute atomic E-state index is 12.7. The van der Waals surface area contributed by atoms with Crippen LogP contribution in [-0.2, 0) is 16.0 Å². The molecular formula is C23H24O5. The van der Waals surface area contributed by atoms with Gasteiger partial charge in [-0.05, 0) is 65.9 Å². The minimum atomic E-state index is -0.389. The number of hydrogen-bond donors (Lipinski definition) is 0. The minimum Gasteiger partial charge on any atom is -0.497 e. The Morgan fingerprint density at radius 1 is 0.929 bits per heavy atom. The molecule has 0 spiro atoms. The van der Waals surface area contributed by atoms with Crippen molar-refractivity contribution in [3.05, 3.63) is 64.2 Å². The number of allylic oxidation sites excluding steroid dienone is 1. The first-order chi connectivity index (χ1) is 13.5. The number of ether oxygens (including phenoxy) is 4. The number of benzene rings is 2. The molecule has 0 bridgehead atoms. The summed E-state index contributed by atoms with van der Waals surface area (Å²) in [5.41, 5.74) is 5.47. The quantitative estimate of drug-likeness (QED) is 0.552. The van der Waals surface area contributed by atoms with Gasteiger partial charge in [-0.1, -0.05) is 17.7 Å². The molecule has 0 aliphatic heterocycles. The molecule has 5 nitrogen and oxygen atoms in total. The van der Waals surface area contributed by atoms with E-state index in [0.29, 0.717) is 17.1 Å². The molecule has 28 heavy (non-hydrogen) atoms. The number of esters is 1.